The highest BCUT2D eigenvalue weighted by molar-refractivity contribution is 8.06. The van der Waals surface area contributed by atoms with Gasteiger partial charge in [-0.05, 0) is 12.8 Å². The van der Waals surface area contributed by atoms with E-state index in [1.165, 1.54) is 40.8 Å². The molecule has 14 heavy (non-hydrogen) atoms. The molecule has 4 heteroatoms. The van der Waals surface area contributed by atoms with Crippen LogP contribution in [-0.4, -0.2) is 22.2 Å². The number of nitrogens with zero attached hydrogens (tertiary/aromatic N) is 1. The number of rotatable bonds is 2. The van der Waals surface area contributed by atoms with Crippen LogP contribution in [0.25, 0.3) is 0 Å². The lowest BCUT2D eigenvalue weighted by atomic mass is 10.3. The number of aromatic nitrogens is 1. The maximum Gasteiger partial charge on any atom is 0.107 e. The smallest absolute Gasteiger partial charge is 0.107 e. The van der Waals surface area contributed by atoms with Crippen LogP contribution < -0.4 is 0 Å². The van der Waals surface area contributed by atoms with Crippen LogP contribution in [0.5, 0.6) is 0 Å². The Morgan fingerprint density at radius 1 is 1.29 bits per heavy atom. The van der Waals surface area contributed by atoms with Gasteiger partial charge in [-0.1, -0.05) is 0 Å². The standard InChI is InChI=1S/C10H13NS3/c1-2-7(1)8-5-14-10(11-8)9-6-12-3-4-13-9/h5,7,9H,1-4,6H2. The van der Waals surface area contributed by atoms with Gasteiger partial charge in [-0.3, -0.25) is 0 Å². The Balaban J connectivity index is 1.74. The molecule has 0 amide bonds. The zero-order valence-corrected chi connectivity index (χ0v) is 10.4. The summed E-state index contributed by atoms with van der Waals surface area (Å²) in [5.41, 5.74) is 1.38. The van der Waals surface area contributed by atoms with E-state index in [0.29, 0.717) is 5.25 Å². The Bertz CT molecular complexity index is 313. The van der Waals surface area contributed by atoms with Gasteiger partial charge in [0, 0.05) is 28.6 Å². The molecule has 0 bridgehead atoms. The zero-order chi connectivity index (χ0) is 9.38. The molecule has 0 spiro atoms. The molecule has 0 N–H and O–H groups in total. The summed E-state index contributed by atoms with van der Waals surface area (Å²) in [6.07, 6.45) is 2.74. The average Bonchev–Trinajstić information content (AvgIpc) is 2.98. The minimum atomic E-state index is 0.686. The van der Waals surface area contributed by atoms with Gasteiger partial charge in [0.2, 0.25) is 0 Å². The predicted molar refractivity (Wildman–Crippen MR) is 66.6 cm³/mol. The molecule has 76 valence electrons. The van der Waals surface area contributed by atoms with Crippen LogP contribution >= 0.6 is 34.9 Å². The number of hydrogen-bond donors (Lipinski definition) is 0. The van der Waals surface area contributed by atoms with Crippen molar-refractivity contribution in [2.45, 2.75) is 24.0 Å². The second-order valence-electron chi connectivity index (χ2n) is 3.82. The zero-order valence-electron chi connectivity index (χ0n) is 7.94. The normalized spacial score (nSPS) is 27.9. The van der Waals surface area contributed by atoms with Crippen molar-refractivity contribution in [2.24, 2.45) is 0 Å². The molecule has 2 heterocycles. The van der Waals surface area contributed by atoms with Gasteiger partial charge in [-0.15, -0.1) is 23.1 Å². The van der Waals surface area contributed by atoms with E-state index in [1.54, 1.807) is 0 Å². The van der Waals surface area contributed by atoms with Crippen molar-refractivity contribution in [1.82, 2.24) is 4.98 Å². The van der Waals surface area contributed by atoms with E-state index in [-0.39, 0.29) is 0 Å². The van der Waals surface area contributed by atoms with Gasteiger partial charge < -0.3 is 0 Å². The highest BCUT2D eigenvalue weighted by Gasteiger charge is 2.27. The lowest BCUT2D eigenvalue weighted by Gasteiger charge is -2.18. The van der Waals surface area contributed by atoms with Gasteiger partial charge in [-0.25, -0.2) is 4.98 Å². The van der Waals surface area contributed by atoms with Gasteiger partial charge in [0.05, 0.1) is 10.9 Å². The van der Waals surface area contributed by atoms with Gasteiger partial charge >= 0.3 is 0 Å². The predicted octanol–water partition coefficient (Wildman–Crippen LogP) is 3.54. The molecule has 0 aromatic carbocycles. The second kappa shape index (κ2) is 4.06. The summed E-state index contributed by atoms with van der Waals surface area (Å²) in [5.74, 6) is 4.71. The molecule has 1 atom stereocenters. The van der Waals surface area contributed by atoms with E-state index in [1.807, 2.05) is 11.3 Å². The summed E-state index contributed by atoms with van der Waals surface area (Å²) < 4.78 is 0. The van der Waals surface area contributed by atoms with Crippen LogP contribution in [0.1, 0.15) is 34.7 Å². The Morgan fingerprint density at radius 3 is 2.93 bits per heavy atom. The van der Waals surface area contributed by atoms with Crippen LogP contribution in [0.4, 0.5) is 0 Å². The first kappa shape index (κ1) is 9.55. The summed E-state index contributed by atoms with van der Waals surface area (Å²) in [5, 5.41) is 4.35. The van der Waals surface area contributed by atoms with E-state index in [0.717, 1.165) is 5.92 Å². The first-order valence-corrected chi connectivity index (χ1v) is 8.16. The molecule has 1 saturated carbocycles. The quantitative estimate of drug-likeness (QED) is 0.788. The first-order valence-electron chi connectivity index (χ1n) is 5.08. The highest BCUT2D eigenvalue weighted by Crippen LogP contribution is 2.43. The van der Waals surface area contributed by atoms with E-state index < -0.39 is 0 Å². The SMILES string of the molecule is c1sc(C2CSCCS2)nc1C1CC1. The maximum atomic E-state index is 4.78. The Morgan fingerprint density at radius 2 is 2.21 bits per heavy atom. The third-order valence-corrected chi connectivity index (χ3v) is 6.52. The fourth-order valence-corrected chi connectivity index (χ4v) is 5.55. The summed E-state index contributed by atoms with van der Waals surface area (Å²) >= 11 is 6.04. The van der Waals surface area contributed by atoms with E-state index in [9.17, 15) is 0 Å². The molecule has 1 unspecified atom stereocenters. The minimum absolute atomic E-state index is 0.686. The molecular formula is C10H13NS3. The third kappa shape index (κ3) is 1.97. The number of hydrogen-bond acceptors (Lipinski definition) is 4. The van der Waals surface area contributed by atoms with Gasteiger partial charge in [0.15, 0.2) is 0 Å². The van der Waals surface area contributed by atoms with Crippen molar-refractivity contribution in [3.05, 3.63) is 16.1 Å². The van der Waals surface area contributed by atoms with Crippen LogP contribution in [0, 0.1) is 0 Å². The Labute approximate surface area is 97.1 Å². The highest BCUT2D eigenvalue weighted by atomic mass is 32.2. The van der Waals surface area contributed by atoms with Crippen LogP contribution in [0.15, 0.2) is 5.38 Å². The topological polar surface area (TPSA) is 12.9 Å². The fraction of sp³-hybridized carbons (Fsp3) is 0.700. The molecule has 1 nitrogen and oxygen atoms in total. The summed E-state index contributed by atoms with van der Waals surface area (Å²) in [7, 11) is 0. The second-order valence-corrected chi connectivity index (χ2v) is 7.17. The summed E-state index contributed by atoms with van der Waals surface area (Å²) in [6.45, 7) is 0. The van der Waals surface area contributed by atoms with E-state index >= 15 is 0 Å². The molecule has 1 aromatic heterocycles. The molecule has 2 fully saturated rings. The van der Waals surface area contributed by atoms with E-state index in [4.69, 9.17) is 4.98 Å². The fourth-order valence-electron chi connectivity index (χ4n) is 1.65. The Hall–Kier alpha value is 0.330. The van der Waals surface area contributed by atoms with Gasteiger partial charge in [0.25, 0.3) is 0 Å². The summed E-state index contributed by atoms with van der Waals surface area (Å²) in [6, 6.07) is 0. The third-order valence-electron chi connectivity index (χ3n) is 2.63. The number of thiazole rings is 1. The van der Waals surface area contributed by atoms with Crippen molar-refractivity contribution in [1.29, 1.82) is 0 Å². The average molecular weight is 243 g/mol. The van der Waals surface area contributed by atoms with Gasteiger partial charge in [0.1, 0.15) is 5.01 Å². The molecule has 1 aliphatic heterocycles. The molecule has 2 aliphatic rings. The van der Waals surface area contributed by atoms with Crippen molar-refractivity contribution in [3.63, 3.8) is 0 Å². The Kier molecular flexibility index (Phi) is 2.77. The van der Waals surface area contributed by atoms with E-state index in [2.05, 4.69) is 28.9 Å². The molecular weight excluding hydrogens is 230 g/mol. The summed E-state index contributed by atoms with van der Waals surface area (Å²) in [4.78, 5) is 4.78. The van der Waals surface area contributed by atoms with Crippen molar-refractivity contribution in [2.75, 3.05) is 17.3 Å². The van der Waals surface area contributed by atoms with Crippen LogP contribution in [-0.2, 0) is 0 Å². The van der Waals surface area contributed by atoms with Crippen molar-refractivity contribution < 1.29 is 0 Å². The minimum Gasteiger partial charge on any atom is -0.245 e. The maximum absolute atomic E-state index is 4.78. The monoisotopic (exact) mass is 243 g/mol. The lowest BCUT2D eigenvalue weighted by Crippen LogP contribution is -2.06. The molecule has 1 aliphatic carbocycles. The first-order chi connectivity index (χ1) is 6.93. The molecule has 1 saturated heterocycles. The van der Waals surface area contributed by atoms with Crippen LogP contribution in [0.3, 0.4) is 0 Å². The van der Waals surface area contributed by atoms with Crippen molar-refractivity contribution in [3.8, 4) is 0 Å². The molecule has 3 rings (SSSR count). The van der Waals surface area contributed by atoms with Crippen molar-refractivity contribution >= 4 is 34.9 Å². The van der Waals surface area contributed by atoms with Crippen LogP contribution in [0.2, 0.25) is 0 Å². The molecule has 0 radical (unpaired) electrons. The molecule has 1 aromatic rings. The largest absolute Gasteiger partial charge is 0.245 e. The number of thioether (sulfide) groups is 2. The van der Waals surface area contributed by atoms with Gasteiger partial charge in [-0.2, -0.15) is 11.8 Å². The lowest BCUT2D eigenvalue weighted by molar-refractivity contribution is 0.984.